The molecule has 0 saturated carbocycles. The SMILES string of the molecule is CCCCCCCCCCCCCCNC(=O)NN. The Hall–Kier alpha value is -0.770. The van der Waals surface area contributed by atoms with Crippen LogP contribution >= 0.6 is 0 Å². The van der Waals surface area contributed by atoms with E-state index in [1.165, 1.54) is 70.6 Å². The van der Waals surface area contributed by atoms with Crippen LogP contribution in [0.15, 0.2) is 0 Å². The molecule has 0 aliphatic heterocycles. The van der Waals surface area contributed by atoms with Gasteiger partial charge in [0.05, 0.1) is 0 Å². The van der Waals surface area contributed by atoms with E-state index < -0.39 is 0 Å². The largest absolute Gasteiger partial charge is 0.337 e. The molecule has 0 aromatic carbocycles. The normalized spacial score (nSPS) is 10.4. The van der Waals surface area contributed by atoms with Crippen molar-refractivity contribution in [1.82, 2.24) is 10.7 Å². The maximum Gasteiger partial charge on any atom is 0.328 e. The Morgan fingerprint density at radius 1 is 0.789 bits per heavy atom. The summed E-state index contributed by atoms with van der Waals surface area (Å²) in [5.74, 6) is 4.96. The molecule has 0 bridgehead atoms. The van der Waals surface area contributed by atoms with E-state index in [1.807, 2.05) is 0 Å². The minimum absolute atomic E-state index is 0.289. The molecule has 0 saturated heterocycles. The van der Waals surface area contributed by atoms with Crippen LogP contribution in [0, 0.1) is 0 Å². The van der Waals surface area contributed by atoms with Crippen molar-refractivity contribution in [2.24, 2.45) is 5.84 Å². The Kier molecular flexibility index (Phi) is 14.7. The highest BCUT2D eigenvalue weighted by Gasteiger charge is 1.95. The van der Waals surface area contributed by atoms with Crippen LogP contribution in [-0.2, 0) is 0 Å². The summed E-state index contributed by atoms with van der Waals surface area (Å²) in [4.78, 5) is 10.8. The number of rotatable bonds is 13. The molecule has 0 fully saturated rings. The van der Waals surface area contributed by atoms with Crippen LogP contribution in [0.3, 0.4) is 0 Å². The predicted molar refractivity (Wildman–Crippen MR) is 81.8 cm³/mol. The van der Waals surface area contributed by atoms with E-state index in [0.29, 0.717) is 0 Å². The number of carbonyl (C=O) groups excluding carboxylic acids is 1. The molecule has 0 spiro atoms. The number of amides is 2. The first-order valence-corrected chi connectivity index (χ1v) is 8.05. The molecule has 4 heteroatoms. The average Bonchev–Trinajstić information content (AvgIpc) is 2.43. The van der Waals surface area contributed by atoms with Gasteiger partial charge in [-0.3, -0.25) is 5.43 Å². The van der Waals surface area contributed by atoms with Crippen LogP contribution in [0.4, 0.5) is 4.79 Å². The molecule has 0 radical (unpaired) electrons. The molecule has 19 heavy (non-hydrogen) atoms. The summed E-state index contributed by atoms with van der Waals surface area (Å²) in [5.41, 5.74) is 2.06. The zero-order chi connectivity index (χ0) is 14.2. The summed E-state index contributed by atoms with van der Waals surface area (Å²) in [7, 11) is 0. The average molecular weight is 271 g/mol. The van der Waals surface area contributed by atoms with Crippen LogP contribution in [0.1, 0.15) is 84.0 Å². The molecule has 4 N–H and O–H groups in total. The van der Waals surface area contributed by atoms with Gasteiger partial charge in [0, 0.05) is 6.54 Å². The van der Waals surface area contributed by atoms with Crippen LogP contribution in [-0.4, -0.2) is 12.6 Å². The van der Waals surface area contributed by atoms with E-state index >= 15 is 0 Å². The summed E-state index contributed by atoms with van der Waals surface area (Å²) in [5, 5.41) is 2.69. The molecular formula is C15H33N3O. The van der Waals surface area contributed by atoms with Crippen molar-refractivity contribution in [1.29, 1.82) is 0 Å². The van der Waals surface area contributed by atoms with Gasteiger partial charge in [-0.05, 0) is 6.42 Å². The summed E-state index contributed by atoms with van der Waals surface area (Å²) in [6, 6.07) is -0.289. The van der Waals surface area contributed by atoms with E-state index in [1.54, 1.807) is 0 Å². The molecule has 0 heterocycles. The maximum atomic E-state index is 10.8. The second kappa shape index (κ2) is 15.3. The molecule has 0 aliphatic carbocycles. The van der Waals surface area contributed by atoms with E-state index in [0.717, 1.165) is 13.0 Å². The molecule has 0 aliphatic rings. The highest BCUT2D eigenvalue weighted by molar-refractivity contribution is 5.72. The summed E-state index contributed by atoms with van der Waals surface area (Å²) in [6.45, 7) is 2.98. The zero-order valence-corrected chi connectivity index (χ0v) is 12.7. The van der Waals surface area contributed by atoms with Gasteiger partial charge in [-0.2, -0.15) is 0 Å². The molecule has 0 aromatic rings. The van der Waals surface area contributed by atoms with Crippen molar-refractivity contribution >= 4 is 6.03 Å². The Labute approximate surface area is 118 Å². The molecule has 0 atom stereocenters. The fourth-order valence-electron chi connectivity index (χ4n) is 2.22. The van der Waals surface area contributed by atoms with E-state index in [2.05, 4.69) is 17.7 Å². The lowest BCUT2D eigenvalue weighted by molar-refractivity contribution is 0.241. The third-order valence-corrected chi connectivity index (χ3v) is 3.45. The Balaban J connectivity index is 2.97. The smallest absolute Gasteiger partial charge is 0.328 e. The predicted octanol–water partition coefficient (Wildman–Crippen LogP) is 3.86. The van der Waals surface area contributed by atoms with Crippen molar-refractivity contribution < 1.29 is 4.79 Å². The van der Waals surface area contributed by atoms with Gasteiger partial charge in [-0.1, -0.05) is 77.6 Å². The van der Waals surface area contributed by atoms with Gasteiger partial charge in [0.15, 0.2) is 0 Å². The number of urea groups is 1. The highest BCUT2D eigenvalue weighted by Crippen LogP contribution is 2.11. The van der Waals surface area contributed by atoms with Gasteiger partial charge in [0.25, 0.3) is 0 Å². The van der Waals surface area contributed by atoms with Gasteiger partial charge >= 0.3 is 6.03 Å². The number of carbonyl (C=O) groups is 1. The van der Waals surface area contributed by atoms with Gasteiger partial charge < -0.3 is 5.32 Å². The van der Waals surface area contributed by atoms with E-state index in [-0.39, 0.29) is 6.03 Å². The minimum atomic E-state index is -0.289. The molecule has 114 valence electrons. The van der Waals surface area contributed by atoms with Gasteiger partial charge in [0.1, 0.15) is 0 Å². The third kappa shape index (κ3) is 15.2. The lowest BCUT2D eigenvalue weighted by Gasteiger charge is -2.04. The number of nitrogens with two attached hydrogens (primary N) is 1. The maximum absolute atomic E-state index is 10.8. The van der Waals surface area contributed by atoms with Gasteiger partial charge in [-0.25, -0.2) is 10.6 Å². The topological polar surface area (TPSA) is 67.2 Å². The van der Waals surface area contributed by atoms with Crippen LogP contribution in [0.2, 0.25) is 0 Å². The van der Waals surface area contributed by atoms with Crippen molar-refractivity contribution in [3.63, 3.8) is 0 Å². The second-order valence-electron chi connectivity index (χ2n) is 5.29. The number of unbranched alkanes of at least 4 members (excludes halogenated alkanes) is 11. The van der Waals surface area contributed by atoms with Crippen molar-refractivity contribution in [3.05, 3.63) is 0 Å². The van der Waals surface area contributed by atoms with Gasteiger partial charge in [0.2, 0.25) is 0 Å². The molecule has 0 aromatic heterocycles. The highest BCUT2D eigenvalue weighted by atomic mass is 16.2. The standard InChI is InChI=1S/C15H33N3O/c1-2-3-4-5-6-7-8-9-10-11-12-13-14-17-15(19)18-16/h2-14,16H2,1H3,(H2,17,18,19). The van der Waals surface area contributed by atoms with Crippen molar-refractivity contribution in [2.45, 2.75) is 84.0 Å². The first-order valence-electron chi connectivity index (χ1n) is 8.05. The fraction of sp³-hybridized carbons (Fsp3) is 0.933. The summed E-state index contributed by atoms with van der Waals surface area (Å²) < 4.78 is 0. The molecule has 0 rings (SSSR count). The molecular weight excluding hydrogens is 238 g/mol. The molecule has 0 unspecified atom stereocenters. The Morgan fingerprint density at radius 3 is 1.63 bits per heavy atom. The summed E-state index contributed by atoms with van der Waals surface area (Å²) >= 11 is 0. The zero-order valence-electron chi connectivity index (χ0n) is 12.7. The van der Waals surface area contributed by atoms with Crippen LogP contribution in [0.5, 0.6) is 0 Å². The second-order valence-corrected chi connectivity index (χ2v) is 5.29. The van der Waals surface area contributed by atoms with E-state index in [9.17, 15) is 4.79 Å². The van der Waals surface area contributed by atoms with Crippen molar-refractivity contribution in [2.75, 3.05) is 6.54 Å². The number of hydrazine groups is 1. The first kappa shape index (κ1) is 18.2. The van der Waals surface area contributed by atoms with Crippen LogP contribution in [0.25, 0.3) is 0 Å². The lowest BCUT2D eigenvalue weighted by atomic mass is 10.1. The Bertz CT molecular complexity index is 198. The quantitative estimate of drug-likeness (QED) is 0.206. The molecule has 2 amide bonds. The first-order chi connectivity index (χ1) is 9.31. The molecule has 4 nitrogen and oxygen atoms in total. The number of hydrogen-bond acceptors (Lipinski definition) is 2. The van der Waals surface area contributed by atoms with Crippen LogP contribution < -0.4 is 16.6 Å². The third-order valence-electron chi connectivity index (χ3n) is 3.45. The summed E-state index contributed by atoms with van der Waals surface area (Å²) in [6.07, 6.45) is 16.0. The minimum Gasteiger partial charge on any atom is -0.337 e. The number of hydrogen-bond donors (Lipinski definition) is 3. The van der Waals surface area contributed by atoms with E-state index in [4.69, 9.17) is 5.84 Å². The van der Waals surface area contributed by atoms with Gasteiger partial charge in [-0.15, -0.1) is 0 Å². The monoisotopic (exact) mass is 271 g/mol. The number of nitrogens with one attached hydrogen (secondary N) is 2. The lowest BCUT2D eigenvalue weighted by Crippen LogP contribution is -2.40. The van der Waals surface area contributed by atoms with Crippen molar-refractivity contribution in [3.8, 4) is 0 Å². The fourth-order valence-corrected chi connectivity index (χ4v) is 2.22. The Morgan fingerprint density at radius 2 is 1.21 bits per heavy atom.